The van der Waals surface area contributed by atoms with Crippen molar-refractivity contribution in [3.63, 3.8) is 0 Å². The van der Waals surface area contributed by atoms with Crippen LogP contribution in [0.25, 0.3) is 33.6 Å². The number of H-pyrrole nitrogens is 2. The molecule has 4 atom stereocenters. The fourth-order valence-electron chi connectivity index (χ4n) is 8.06. The fraction of sp³-hybridized carbons (Fsp3) is 0.476. The van der Waals surface area contributed by atoms with Crippen molar-refractivity contribution in [2.24, 2.45) is 11.8 Å². The number of methoxy groups -OCH3 is 2. The lowest BCUT2D eigenvalue weighted by Gasteiger charge is -2.35. The Morgan fingerprint density at radius 1 is 0.814 bits per heavy atom. The molecule has 316 valence electrons. The highest BCUT2D eigenvalue weighted by Gasteiger charge is 2.40. The first-order valence-corrected chi connectivity index (χ1v) is 19.9. The molecule has 1 saturated heterocycles. The second-order valence-corrected chi connectivity index (χ2v) is 15.6. The number of halogens is 3. The van der Waals surface area contributed by atoms with E-state index in [9.17, 15) is 32.3 Å². The van der Waals surface area contributed by atoms with Crippen LogP contribution in [0.3, 0.4) is 0 Å². The number of rotatable bonds is 10. The second kappa shape index (κ2) is 18.0. The highest BCUT2D eigenvalue weighted by Crippen LogP contribution is 2.42. The fourth-order valence-corrected chi connectivity index (χ4v) is 8.06. The first-order chi connectivity index (χ1) is 28.1. The lowest BCUT2D eigenvalue weighted by Crippen LogP contribution is -2.53. The average Bonchev–Trinajstić information content (AvgIpc) is 4.03. The van der Waals surface area contributed by atoms with Crippen LogP contribution in [0.1, 0.15) is 95.4 Å². The van der Waals surface area contributed by atoms with E-state index in [4.69, 9.17) is 9.47 Å². The molecule has 0 radical (unpaired) electrons. The van der Waals surface area contributed by atoms with Crippen molar-refractivity contribution in [1.29, 1.82) is 0 Å². The Kier molecular flexibility index (Phi) is 13.0. The van der Waals surface area contributed by atoms with Crippen molar-refractivity contribution in [1.82, 2.24) is 40.6 Å². The predicted octanol–water partition coefficient (Wildman–Crippen LogP) is 7.98. The summed E-state index contributed by atoms with van der Waals surface area (Å²) in [5.41, 5.74) is 4.06. The molecule has 6 rings (SSSR count). The van der Waals surface area contributed by atoms with Gasteiger partial charge in [-0.3, -0.25) is 9.59 Å². The van der Waals surface area contributed by atoms with Gasteiger partial charge in [0.25, 0.3) is 0 Å². The molecule has 4 N–H and O–H groups in total. The first kappa shape index (κ1) is 42.7. The van der Waals surface area contributed by atoms with Crippen LogP contribution in [0, 0.1) is 11.8 Å². The van der Waals surface area contributed by atoms with E-state index in [1.54, 1.807) is 55.3 Å². The quantitative estimate of drug-likeness (QED) is 0.117. The number of ether oxygens (including phenoxy) is 2. The maximum atomic E-state index is 14.7. The number of aromatic amines is 2. The van der Waals surface area contributed by atoms with Crippen molar-refractivity contribution in [2.75, 3.05) is 20.8 Å². The summed E-state index contributed by atoms with van der Waals surface area (Å²) in [6.45, 7) is 7.73. The van der Waals surface area contributed by atoms with Gasteiger partial charge in [0, 0.05) is 30.0 Å². The lowest BCUT2D eigenvalue weighted by molar-refractivity contribution is -0.142. The molecule has 2 aromatic heterocycles. The maximum Gasteiger partial charge on any atom is 0.425 e. The van der Waals surface area contributed by atoms with E-state index >= 15 is 0 Å². The van der Waals surface area contributed by atoms with Gasteiger partial charge in [0.2, 0.25) is 11.8 Å². The maximum absolute atomic E-state index is 14.7. The summed E-state index contributed by atoms with van der Waals surface area (Å²) in [6.07, 6.45) is 1.29. The number of likely N-dealkylation sites (tertiary alicyclic amines) is 1. The third-order valence-corrected chi connectivity index (χ3v) is 11.2. The lowest BCUT2D eigenvalue weighted by atomic mass is 9.78. The summed E-state index contributed by atoms with van der Waals surface area (Å²) >= 11 is 0. The molecule has 0 bridgehead atoms. The van der Waals surface area contributed by atoms with Gasteiger partial charge < -0.3 is 29.7 Å². The van der Waals surface area contributed by atoms with Crippen LogP contribution in [-0.2, 0) is 25.2 Å². The zero-order valence-corrected chi connectivity index (χ0v) is 34.0. The monoisotopic (exact) mass is 820 g/mol. The third-order valence-electron chi connectivity index (χ3n) is 11.2. The number of nitrogens with zero attached hydrogens (tertiary/aromatic N) is 4. The van der Waals surface area contributed by atoms with Crippen molar-refractivity contribution in [3.05, 3.63) is 72.1 Å². The number of imidazole rings is 2. The van der Waals surface area contributed by atoms with E-state index in [0.29, 0.717) is 60.0 Å². The molecule has 17 heteroatoms. The molecule has 14 nitrogen and oxygen atoms in total. The van der Waals surface area contributed by atoms with Gasteiger partial charge in [0.1, 0.15) is 17.7 Å². The molecule has 0 spiro atoms. The number of hydrogen-bond acceptors (Lipinski definition) is 8. The molecule has 2 fully saturated rings. The normalized spacial score (nSPS) is 18.8. The SMILES string of the molecule is COC(=O)N[C@H](C(=O)N1CCC[C@H]1c1ncc(-c2ccc(-c3ccc(-c4cnc(C5CCCC[C@@H]5C(=O)N(NC(=O)OC)C(C)C)[nH]4)cc3C(F)(F)F)cc2)[nH]1)C(C)C. The van der Waals surface area contributed by atoms with Gasteiger partial charge in [-0.15, -0.1) is 0 Å². The van der Waals surface area contributed by atoms with Crippen LogP contribution >= 0.6 is 0 Å². The second-order valence-electron chi connectivity index (χ2n) is 15.6. The van der Waals surface area contributed by atoms with Crippen molar-refractivity contribution in [2.45, 2.75) is 96.4 Å². The van der Waals surface area contributed by atoms with Crippen LogP contribution in [0.5, 0.6) is 0 Å². The minimum absolute atomic E-state index is 0.00282. The van der Waals surface area contributed by atoms with Crippen molar-refractivity contribution >= 4 is 24.0 Å². The molecular formula is C42H51F3N8O6. The van der Waals surface area contributed by atoms with E-state index in [2.05, 4.69) is 30.7 Å². The van der Waals surface area contributed by atoms with Gasteiger partial charge in [-0.1, -0.05) is 63.1 Å². The number of hydrogen-bond donors (Lipinski definition) is 4. The zero-order chi connectivity index (χ0) is 42.6. The van der Waals surface area contributed by atoms with E-state index in [1.165, 1.54) is 31.5 Å². The number of carbonyl (C=O) groups excluding carboxylic acids is 4. The molecule has 1 unspecified atom stereocenters. The number of amides is 4. The third kappa shape index (κ3) is 9.39. The molecule has 59 heavy (non-hydrogen) atoms. The standard InChI is InChI=1S/C42H51F3N8O6/c1-23(2)35(50-40(56)58-5)39(55)52-19-9-12-34(52)37-47-21-32(49-37)26-15-13-25(14-16-26)28-18-17-27(20-31(28)42(43,44)45)33-22-46-36(48-33)29-10-7-8-11-30(29)38(54)53(24(3)4)51-41(57)59-6/h13-18,20-24,29-30,34-35H,7-12,19H2,1-6H3,(H,46,48)(H,47,49)(H,50,56)(H,51,57)/t29?,30-,34-,35-/m0/s1. The van der Waals surface area contributed by atoms with Gasteiger partial charge in [-0.2, -0.15) is 13.2 Å². The van der Waals surface area contributed by atoms with Crippen molar-refractivity contribution in [3.8, 4) is 33.6 Å². The first-order valence-electron chi connectivity index (χ1n) is 19.9. The number of benzene rings is 2. The molecule has 1 saturated carbocycles. The number of carbonyl (C=O) groups is 4. The van der Waals surface area contributed by atoms with Crippen LogP contribution in [0.15, 0.2) is 54.9 Å². The Balaban J connectivity index is 1.20. The largest absolute Gasteiger partial charge is 0.453 e. The minimum Gasteiger partial charge on any atom is -0.453 e. The molecule has 1 aliphatic heterocycles. The topological polar surface area (TPSA) is 175 Å². The molecule has 2 aromatic carbocycles. The van der Waals surface area contributed by atoms with Gasteiger partial charge in [0.15, 0.2) is 0 Å². The molecule has 3 heterocycles. The minimum atomic E-state index is -4.68. The Bertz CT molecular complexity index is 2130. The van der Waals surface area contributed by atoms with Crippen LogP contribution in [0.2, 0.25) is 0 Å². The number of alkyl carbamates (subject to hydrolysis) is 1. The number of aromatic nitrogens is 4. The predicted molar refractivity (Wildman–Crippen MR) is 212 cm³/mol. The number of alkyl halides is 3. The summed E-state index contributed by atoms with van der Waals surface area (Å²) < 4.78 is 53.5. The Labute approximate surface area is 340 Å². The van der Waals surface area contributed by atoms with Gasteiger partial charge in [-0.05, 0) is 68.2 Å². The molecule has 4 amide bonds. The molecule has 1 aliphatic carbocycles. The molecule has 2 aliphatic rings. The van der Waals surface area contributed by atoms with E-state index in [0.717, 1.165) is 25.3 Å². The average molecular weight is 821 g/mol. The Hall–Kier alpha value is -5.87. The summed E-state index contributed by atoms with van der Waals surface area (Å²) in [6, 6.07) is 9.39. The zero-order valence-electron chi connectivity index (χ0n) is 34.0. The summed E-state index contributed by atoms with van der Waals surface area (Å²) in [5.74, 6) is -0.460. The molecule has 4 aromatic rings. The van der Waals surface area contributed by atoms with E-state index in [1.807, 2.05) is 13.8 Å². The number of nitrogens with one attached hydrogen (secondary N) is 4. The van der Waals surface area contributed by atoms with Crippen LogP contribution < -0.4 is 10.7 Å². The Morgan fingerprint density at radius 2 is 1.42 bits per heavy atom. The Morgan fingerprint density at radius 3 is 2.07 bits per heavy atom. The highest BCUT2D eigenvalue weighted by molar-refractivity contribution is 5.86. The van der Waals surface area contributed by atoms with E-state index < -0.39 is 35.9 Å². The molecular weight excluding hydrogens is 770 g/mol. The van der Waals surface area contributed by atoms with Gasteiger partial charge in [-0.25, -0.2) is 30.0 Å². The van der Waals surface area contributed by atoms with Gasteiger partial charge >= 0.3 is 18.4 Å². The summed E-state index contributed by atoms with van der Waals surface area (Å²) in [5, 5.41) is 3.90. The summed E-state index contributed by atoms with van der Waals surface area (Å²) in [4.78, 5) is 68.5. The summed E-state index contributed by atoms with van der Waals surface area (Å²) in [7, 11) is 2.46. The van der Waals surface area contributed by atoms with E-state index in [-0.39, 0.29) is 46.9 Å². The van der Waals surface area contributed by atoms with Gasteiger partial charge in [0.05, 0.1) is 49.6 Å². The highest BCUT2D eigenvalue weighted by atomic mass is 19.4. The van der Waals surface area contributed by atoms with Crippen LogP contribution in [0.4, 0.5) is 22.8 Å². The number of hydrazine groups is 1. The smallest absolute Gasteiger partial charge is 0.425 e. The van der Waals surface area contributed by atoms with Crippen LogP contribution in [-0.4, -0.2) is 86.7 Å². The van der Waals surface area contributed by atoms with Crippen molar-refractivity contribution < 1.29 is 41.8 Å².